The molecule has 0 aliphatic carbocycles. The van der Waals surface area contributed by atoms with Crippen molar-refractivity contribution in [2.75, 3.05) is 32.7 Å². The van der Waals surface area contributed by atoms with E-state index in [4.69, 9.17) is 9.41 Å². The minimum atomic E-state index is -0.106. The molecule has 1 fully saturated rings. The van der Waals surface area contributed by atoms with Gasteiger partial charge in [-0.15, -0.1) is 0 Å². The topological polar surface area (TPSA) is 52.8 Å². The van der Waals surface area contributed by atoms with Crippen LogP contribution in [-0.4, -0.2) is 43.6 Å². The Hall–Kier alpha value is -2.34. The third-order valence-electron chi connectivity index (χ3n) is 5.15. The second-order valence-corrected chi connectivity index (χ2v) is 7.29. The van der Waals surface area contributed by atoms with Crippen LogP contribution in [-0.2, 0) is 13.0 Å². The Morgan fingerprint density at radius 1 is 1.18 bits per heavy atom. The predicted octanol–water partition coefficient (Wildman–Crippen LogP) is 3.43. The molecule has 0 spiro atoms. The van der Waals surface area contributed by atoms with E-state index >= 15 is 0 Å². The second-order valence-electron chi connectivity index (χ2n) is 7.29. The first kappa shape index (κ1) is 20.4. The van der Waals surface area contributed by atoms with Crippen LogP contribution >= 0.6 is 0 Å². The van der Waals surface area contributed by atoms with Crippen molar-refractivity contribution in [3.05, 3.63) is 59.8 Å². The van der Waals surface area contributed by atoms with E-state index in [2.05, 4.69) is 22.5 Å². The molecule has 3 rings (SSSR count). The minimum Gasteiger partial charge on any atom is -0.469 e. The Morgan fingerprint density at radius 3 is 2.71 bits per heavy atom. The Bertz CT molecular complexity index is 724. The molecular weight excluding hydrogens is 355 g/mol. The molecule has 6 heteroatoms. The summed E-state index contributed by atoms with van der Waals surface area (Å²) >= 11 is 0. The van der Waals surface area contributed by atoms with Crippen LogP contribution < -0.4 is 10.6 Å². The van der Waals surface area contributed by atoms with Gasteiger partial charge in [0.2, 0.25) is 0 Å². The summed E-state index contributed by atoms with van der Waals surface area (Å²) in [5.41, 5.74) is 0.786. The first-order valence-corrected chi connectivity index (χ1v) is 10.2. The van der Waals surface area contributed by atoms with Gasteiger partial charge in [-0.1, -0.05) is 18.2 Å². The largest absolute Gasteiger partial charge is 0.469 e. The molecule has 0 radical (unpaired) electrons. The molecule has 0 unspecified atom stereocenters. The van der Waals surface area contributed by atoms with E-state index in [1.165, 1.54) is 6.07 Å². The van der Waals surface area contributed by atoms with Gasteiger partial charge in [-0.2, -0.15) is 0 Å². The molecule has 1 aliphatic rings. The Balaban J connectivity index is 1.41. The molecule has 2 aromatic rings. The molecule has 1 aliphatic heterocycles. The van der Waals surface area contributed by atoms with Crippen molar-refractivity contribution in [3.63, 3.8) is 0 Å². The van der Waals surface area contributed by atoms with Crippen LogP contribution in [0.3, 0.4) is 0 Å². The van der Waals surface area contributed by atoms with Crippen molar-refractivity contribution in [2.45, 2.75) is 32.7 Å². The van der Waals surface area contributed by atoms with E-state index in [0.29, 0.717) is 12.5 Å². The van der Waals surface area contributed by atoms with Crippen LogP contribution in [0.25, 0.3) is 0 Å². The second kappa shape index (κ2) is 10.9. The monoisotopic (exact) mass is 386 g/mol. The summed E-state index contributed by atoms with van der Waals surface area (Å²) in [6, 6.07) is 11.0. The average Bonchev–Trinajstić information content (AvgIpc) is 3.22. The highest BCUT2D eigenvalue weighted by Crippen LogP contribution is 2.20. The lowest BCUT2D eigenvalue weighted by Gasteiger charge is -2.31. The number of likely N-dealkylation sites (tertiary alicyclic amines) is 1. The molecule has 5 nitrogen and oxygen atoms in total. The van der Waals surface area contributed by atoms with Crippen molar-refractivity contribution in [1.29, 1.82) is 0 Å². The molecule has 0 saturated carbocycles. The van der Waals surface area contributed by atoms with Gasteiger partial charge in [0.25, 0.3) is 0 Å². The number of hydrogen-bond donors (Lipinski definition) is 2. The van der Waals surface area contributed by atoms with Gasteiger partial charge in [-0.3, -0.25) is 9.89 Å². The molecule has 0 bridgehead atoms. The van der Waals surface area contributed by atoms with Crippen LogP contribution in [0.15, 0.2) is 52.1 Å². The maximum atomic E-state index is 13.8. The number of piperidine rings is 1. The van der Waals surface area contributed by atoms with E-state index in [0.717, 1.165) is 69.3 Å². The number of halogens is 1. The highest BCUT2D eigenvalue weighted by molar-refractivity contribution is 5.79. The molecule has 152 valence electrons. The number of guanidine groups is 1. The zero-order chi connectivity index (χ0) is 19.6. The number of furan rings is 1. The van der Waals surface area contributed by atoms with Crippen molar-refractivity contribution in [3.8, 4) is 0 Å². The minimum absolute atomic E-state index is 0.106. The number of hydrogen-bond acceptors (Lipinski definition) is 3. The van der Waals surface area contributed by atoms with Crippen LogP contribution in [0.5, 0.6) is 0 Å². The van der Waals surface area contributed by atoms with Gasteiger partial charge in [0.1, 0.15) is 11.6 Å². The zero-order valence-corrected chi connectivity index (χ0v) is 16.7. The van der Waals surface area contributed by atoms with Gasteiger partial charge in [-0.05, 0) is 57.0 Å². The summed E-state index contributed by atoms with van der Waals surface area (Å²) in [5.74, 6) is 2.32. The molecule has 1 saturated heterocycles. The predicted molar refractivity (Wildman–Crippen MR) is 111 cm³/mol. The van der Waals surface area contributed by atoms with Gasteiger partial charge in [0.05, 0.1) is 6.26 Å². The number of aliphatic imine (C=N–C) groups is 1. The van der Waals surface area contributed by atoms with Crippen molar-refractivity contribution < 1.29 is 8.81 Å². The Labute approximate surface area is 167 Å². The highest BCUT2D eigenvalue weighted by atomic mass is 19.1. The third kappa shape index (κ3) is 6.37. The van der Waals surface area contributed by atoms with Gasteiger partial charge in [-0.25, -0.2) is 4.39 Å². The molecule has 2 heterocycles. The molecule has 0 amide bonds. The van der Waals surface area contributed by atoms with E-state index in [-0.39, 0.29) is 5.82 Å². The van der Waals surface area contributed by atoms with E-state index < -0.39 is 0 Å². The first-order valence-electron chi connectivity index (χ1n) is 10.2. The number of nitrogens with zero attached hydrogens (tertiary/aromatic N) is 2. The normalized spacial score (nSPS) is 16.3. The molecule has 1 aromatic carbocycles. The number of benzene rings is 1. The van der Waals surface area contributed by atoms with Gasteiger partial charge >= 0.3 is 0 Å². The van der Waals surface area contributed by atoms with Crippen LogP contribution in [0.2, 0.25) is 0 Å². The fourth-order valence-electron chi connectivity index (χ4n) is 3.52. The molecule has 2 N–H and O–H groups in total. The smallest absolute Gasteiger partial charge is 0.191 e. The summed E-state index contributed by atoms with van der Waals surface area (Å²) in [6.07, 6.45) is 4.74. The highest BCUT2D eigenvalue weighted by Gasteiger charge is 2.20. The van der Waals surface area contributed by atoms with Crippen LogP contribution in [0.1, 0.15) is 31.1 Å². The lowest BCUT2D eigenvalue weighted by molar-refractivity contribution is 0.179. The lowest BCUT2D eigenvalue weighted by Crippen LogP contribution is -2.39. The Kier molecular flexibility index (Phi) is 7.91. The third-order valence-corrected chi connectivity index (χ3v) is 5.15. The lowest BCUT2D eigenvalue weighted by atomic mass is 9.96. The van der Waals surface area contributed by atoms with Gasteiger partial charge in [0, 0.05) is 38.2 Å². The first-order chi connectivity index (χ1) is 13.7. The molecular formula is C22H31FN4O. The SMILES string of the molecule is CCNC(=NCC1CCN(Cc2ccccc2F)CC1)NCCc1ccco1. The van der Waals surface area contributed by atoms with E-state index in [1.807, 2.05) is 24.3 Å². The molecule has 1 aromatic heterocycles. The quantitative estimate of drug-likeness (QED) is 0.539. The van der Waals surface area contributed by atoms with Crippen LogP contribution in [0, 0.1) is 11.7 Å². The summed E-state index contributed by atoms with van der Waals surface area (Å²) in [6.45, 7) is 7.22. The fourth-order valence-corrected chi connectivity index (χ4v) is 3.52. The van der Waals surface area contributed by atoms with Crippen molar-refractivity contribution in [1.82, 2.24) is 15.5 Å². The zero-order valence-electron chi connectivity index (χ0n) is 16.7. The number of rotatable bonds is 8. The van der Waals surface area contributed by atoms with Crippen molar-refractivity contribution >= 4 is 5.96 Å². The summed E-state index contributed by atoms with van der Waals surface area (Å²) < 4.78 is 19.2. The maximum Gasteiger partial charge on any atom is 0.191 e. The maximum absolute atomic E-state index is 13.8. The summed E-state index contributed by atoms with van der Waals surface area (Å²) in [7, 11) is 0. The van der Waals surface area contributed by atoms with Crippen LogP contribution in [0.4, 0.5) is 4.39 Å². The molecule has 28 heavy (non-hydrogen) atoms. The molecule has 0 atom stereocenters. The summed E-state index contributed by atoms with van der Waals surface area (Å²) in [5, 5.41) is 6.68. The number of nitrogens with one attached hydrogen (secondary N) is 2. The Morgan fingerprint density at radius 2 is 2.00 bits per heavy atom. The van der Waals surface area contributed by atoms with E-state index in [9.17, 15) is 4.39 Å². The standard InChI is InChI=1S/C22H31FN4O/c1-2-24-22(25-12-9-20-7-5-15-28-20)26-16-18-10-13-27(14-11-18)17-19-6-3-4-8-21(19)23/h3-8,15,18H,2,9-14,16-17H2,1H3,(H2,24,25,26). The summed E-state index contributed by atoms with van der Waals surface area (Å²) in [4.78, 5) is 7.10. The average molecular weight is 387 g/mol. The van der Waals surface area contributed by atoms with Gasteiger partial charge < -0.3 is 15.1 Å². The fraction of sp³-hybridized carbons (Fsp3) is 0.500. The van der Waals surface area contributed by atoms with Gasteiger partial charge in [0.15, 0.2) is 5.96 Å². The van der Waals surface area contributed by atoms with E-state index in [1.54, 1.807) is 12.3 Å². The van der Waals surface area contributed by atoms with Crippen molar-refractivity contribution in [2.24, 2.45) is 10.9 Å².